The van der Waals surface area contributed by atoms with E-state index < -0.39 is 0 Å². The van der Waals surface area contributed by atoms with Gasteiger partial charge in [-0.25, -0.2) is 0 Å². The monoisotopic (exact) mass is 726 g/mol. The molecule has 1 heterocycles. The third-order valence-electron chi connectivity index (χ3n) is 9.72. The molecule has 0 saturated carbocycles. The highest BCUT2D eigenvalue weighted by molar-refractivity contribution is 5.74. The molecule has 284 valence electrons. The summed E-state index contributed by atoms with van der Waals surface area (Å²) in [5, 5.41) is 0. The van der Waals surface area contributed by atoms with Gasteiger partial charge in [0, 0.05) is 11.1 Å². The first-order valence-electron chi connectivity index (χ1n) is 17.5. The second-order valence-corrected chi connectivity index (χ2v) is 12.9. The summed E-state index contributed by atoms with van der Waals surface area (Å²) in [5.74, 6) is 8.45. The van der Waals surface area contributed by atoms with Crippen molar-refractivity contribution in [1.82, 2.24) is 0 Å². The highest BCUT2D eigenvalue weighted by Gasteiger charge is 2.20. The fourth-order valence-electron chi connectivity index (χ4n) is 6.26. The maximum atomic E-state index is 6.27. The van der Waals surface area contributed by atoms with Crippen LogP contribution in [0.3, 0.4) is 0 Å². The molecule has 1 aromatic heterocycles. The molecule has 0 fully saturated rings. The number of methoxy groups -OCH3 is 8. The van der Waals surface area contributed by atoms with Gasteiger partial charge >= 0.3 is 0 Å². The van der Waals surface area contributed by atoms with E-state index in [0.717, 1.165) is 69.6 Å². The Hall–Kier alpha value is -5.44. The van der Waals surface area contributed by atoms with Crippen molar-refractivity contribution < 1.29 is 42.3 Å². The molecule has 4 aromatic carbocycles. The highest BCUT2D eigenvalue weighted by atomic mass is 16.5. The van der Waals surface area contributed by atoms with E-state index in [9.17, 15) is 0 Å². The van der Waals surface area contributed by atoms with E-state index in [1.807, 2.05) is 48.5 Å². The van der Waals surface area contributed by atoms with Gasteiger partial charge in [-0.3, -0.25) is 0 Å². The fourth-order valence-corrected chi connectivity index (χ4v) is 6.26. The molecule has 0 radical (unpaired) electrons. The van der Waals surface area contributed by atoms with Crippen LogP contribution in [0.2, 0.25) is 0 Å². The van der Waals surface area contributed by atoms with Crippen molar-refractivity contribution in [1.29, 1.82) is 0 Å². The molecule has 53 heavy (non-hydrogen) atoms. The largest absolute Gasteiger partial charge is 0.493 e. The first-order valence-corrected chi connectivity index (χ1v) is 17.5. The van der Waals surface area contributed by atoms with Crippen molar-refractivity contribution in [3.63, 3.8) is 0 Å². The molecular weight excluding hydrogens is 672 g/mol. The summed E-state index contributed by atoms with van der Waals surface area (Å²) < 4.78 is 49.2. The summed E-state index contributed by atoms with van der Waals surface area (Å²) in [7, 11) is 13.1. The normalized spacial score (nSPS) is 11.8. The van der Waals surface area contributed by atoms with Crippen LogP contribution in [-0.4, -0.2) is 56.9 Å². The van der Waals surface area contributed by atoms with E-state index in [1.165, 1.54) is 11.1 Å². The Balaban J connectivity index is 0.000000237. The molecule has 5 aromatic rings. The predicted octanol–water partition coefficient (Wildman–Crippen LogP) is 10.0. The Labute approximate surface area is 314 Å². The minimum Gasteiger partial charge on any atom is -0.493 e. The molecule has 0 N–H and O–H groups in total. The third-order valence-corrected chi connectivity index (χ3v) is 9.72. The Morgan fingerprint density at radius 1 is 0.396 bits per heavy atom. The van der Waals surface area contributed by atoms with Crippen molar-refractivity contribution in [3.05, 3.63) is 95.1 Å². The molecule has 0 unspecified atom stereocenters. The van der Waals surface area contributed by atoms with Crippen LogP contribution in [0, 0.1) is 25.7 Å². The SMILES string of the molecule is COc1ccc(-c2oc(-c3ccc(OC)c(OC)c3)c(C)c2C)cc1OC.COc1ccc(C[C@@H](C)[C@@H](C)Cc2ccc(OC)c(OC)c2)cc1OC. The Morgan fingerprint density at radius 2 is 0.679 bits per heavy atom. The lowest BCUT2D eigenvalue weighted by Gasteiger charge is -2.21. The van der Waals surface area contributed by atoms with E-state index >= 15 is 0 Å². The molecule has 9 heteroatoms. The number of hydrogen-bond acceptors (Lipinski definition) is 9. The fraction of sp³-hybridized carbons (Fsp3) is 0.364. The molecule has 0 spiro atoms. The summed E-state index contributed by atoms with van der Waals surface area (Å²) in [4.78, 5) is 0. The van der Waals surface area contributed by atoms with Gasteiger partial charge in [-0.2, -0.15) is 0 Å². The summed E-state index contributed by atoms with van der Waals surface area (Å²) in [6, 6.07) is 23.8. The molecule has 0 aliphatic carbocycles. The molecule has 5 rings (SSSR count). The number of rotatable bonds is 15. The van der Waals surface area contributed by atoms with Crippen LogP contribution >= 0.6 is 0 Å². The Morgan fingerprint density at radius 3 is 0.981 bits per heavy atom. The average molecular weight is 727 g/mol. The molecule has 9 nitrogen and oxygen atoms in total. The molecule has 0 aliphatic heterocycles. The van der Waals surface area contributed by atoms with Crippen LogP contribution in [-0.2, 0) is 12.8 Å². The zero-order valence-electron chi connectivity index (χ0n) is 33.2. The van der Waals surface area contributed by atoms with Crippen molar-refractivity contribution in [2.45, 2.75) is 40.5 Å². The first-order chi connectivity index (χ1) is 25.5. The number of hydrogen-bond donors (Lipinski definition) is 0. The molecule has 0 amide bonds. The van der Waals surface area contributed by atoms with E-state index in [1.54, 1.807) is 56.9 Å². The van der Waals surface area contributed by atoms with Crippen molar-refractivity contribution >= 4 is 0 Å². The van der Waals surface area contributed by atoms with Gasteiger partial charge in [0.05, 0.1) is 56.9 Å². The Kier molecular flexibility index (Phi) is 14.4. The van der Waals surface area contributed by atoms with Gasteiger partial charge in [0.25, 0.3) is 0 Å². The van der Waals surface area contributed by atoms with Crippen LogP contribution in [0.4, 0.5) is 0 Å². The summed E-state index contributed by atoms with van der Waals surface area (Å²) in [6.07, 6.45) is 1.99. The van der Waals surface area contributed by atoms with Crippen molar-refractivity contribution in [2.75, 3.05) is 56.9 Å². The van der Waals surface area contributed by atoms with E-state index in [-0.39, 0.29) is 0 Å². The summed E-state index contributed by atoms with van der Waals surface area (Å²) in [6.45, 7) is 8.69. The number of ether oxygens (including phenoxy) is 8. The van der Waals surface area contributed by atoms with Gasteiger partial charge < -0.3 is 42.3 Å². The second-order valence-electron chi connectivity index (χ2n) is 12.9. The smallest absolute Gasteiger partial charge is 0.161 e. The zero-order chi connectivity index (χ0) is 38.7. The lowest BCUT2D eigenvalue weighted by atomic mass is 9.85. The molecule has 0 bridgehead atoms. The van der Waals surface area contributed by atoms with Crippen molar-refractivity contribution in [2.24, 2.45) is 11.8 Å². The van der Waals surface area contributed by atoms with Gasteiger partial charge in [-0.05, 0) is 121 Å². The number of benzene rings is 4. The molecular formula is C44H54O9. The average Bonchev–Trinajstić information content (AvgIpc) is 3.49. The standard InChI is InChI=1S/C22H24O5.C22H30O4/c1-13-14(2)22(16-8-10-18(24-4)20(12-16)26-6)27-21(13)15-7-9-17(23-3)19(11-15)25-5;1-15(11-17-7-9-19(23-3)21(13-17)25-5)16(2)12-18-8-10-20(24-4)22(14-18)26-6/h7-12H,1-6H3;7-10,13-16H,11-12H2,1-6H3/t;15-,16+. The van der Waals surface area contributed by atoms with Gasteiger partial charge in [0.2, 0.25) is 0 Å². The summed E-state index contributed by atoms with van der Waals surface area (Å²) >= 11 is 0. The minimum absolute atomic E-state index is 0.529. The van der Waals surface area contributed by atoms with Crippen LogP contribution in [0.15, 0.2) is 77.2 Å². The maximum absolute atomic E-state index is 6.27. The lowest BCUT2D eigenvalue weighted by Crippen LogP contribution is -2.14. The molecule has 2 atom stereocenters. The van der Waals surface area contributed by atoms with E-state index in [2.05, 4.69) is 52.0 Å². The first kappa shape index (κ1) is 40.3. The summed E-state index contributed by atoms with van der Waals surface area (Å²) in [5.41, 5.74) is 6.53. The predicted molar refractivity (Wildman–Crippen MR) is 210 cm³/mol. The topological polar surface area (TPSA) is 87.0 Å². The van der Waals surface area contributed by atoms with Crippen LogP contribution in [0.25, 0.3) is 22.6 Å². The van der Waals surface area contributed by atoms with E-state index in [0.29, 0.717) is 34.8 Å². The zero-order valence-corrected chi connectivity index (χ0v) is 33.2. The molecule has 0 saturated heterocycles. The molecule has 0 aliphatic rings. The van der Waals surface area contributed by atoms with Gasteiger partial charge in [0.1, 0.15) is 11.5 Å². The second kappa shape index (κ2) is 18.9. The van der Waals surface area contributed by atoms with Crippen LogP contribution < -0.4 is 37.9 Å². The minimum atomic E-state index is 0.529. The van der Waals surface area contributed by atoms with Crippen LogP contribution in [0.1, 0.15) is 36.1 Å². The van der Waals surface area contributed by atoms with E-state index in [4.69, 9.17) is 42.3 Å². The third kappa shape index (κ3) is 9.52. The number of furan rings is 1. The van der Waals surface area contributed by atoms with Crippen LogP contribution in [0.5, 0.6) is 46.0 Å². The van der Waals surface area contributed by atoms with Gasteiger partial charge in [0.15, 0.2) is 46.0 Å². The lowest BCUT2D eigenvalue weighted by molar-refractivity contribution is 0.350. The maximum Gasteiger partial charge on any atom is 0.161 e. The van der Waals surface area contributed by atoms with Gasteiger partial charge in [-0.1, -0.05) is 26.0 Å². The van der Waals surface area contributed by atoms with Gasteiger partial charge in [-0.15, -0.1) is 0 Å². The highest BCUT2D eigenvalue weighted by Crippen LogP contribution is 2.41. The van der Waals surface area contributed by atoms with Crippen molar-refractivity contribution in [3.8, 4) is 68.6 Å². The quantitative estimate of drug-likeness (QED) is 0.105. The Bertz CT molecular complexity index is 1810.